The number of benzene rings is 1. The summed E-state index contributed by atoms with van der Waals surface area (Å²) in [6, 6.07) is 7.13. The van der Waals surface area contributed by atoms with Crippen molar-refractivity contribution in [3.05, 3.63) is 29.8 Å². The van der Waals surface area contributed by atoms with Gasteiger partial charge in [-0.1, -0.05) is 28.1 Å². The van der Waals surface area contributed by atoms with Gasteiger partial charge in [0.2, 0.25) is 0 Å². The Morgan fingerprint density at radius 3 is 2.56 bits per heavy atom. The quantitative estimate of drug-likeness (QED) is 0.472. The highest BCUT2D eigenvalue weighted by Gasteiger charge is 2.04. The fourth-order valence-corrected chi connectivity index (χ4v) is 1.61. The summed E-state index contributed by atoms with van der Waals surface area (Å²) in [5, 5.41) is 0.374. The highest BCUT2D eigenvalue weighted by atomic mass is 79.9. The Bertz CT molecular complexity index is 337. The molecule has 0 aliphatic heterocycles. The van der Waals surface area contributed by atoms with Crippen LogP contribution >= 0.6 is 15.9 Å². The lowest BCUT2D eigenvalue weighted by Crippen LogP contribution is -2.03. The maximum atomic E-state index is 13.0. The third kappa shape index (κ3) is 4.75. The number of hydrogen-bond acceptors (Lipinski definition) is 2. The van der Waals surface area contributed by atoms with Gasteiger partial charge in [0.1, 0.15) is 11.9 Å². The largest absolute Gasteiger partial charge is 0.427 e. The van der Waals surface area contributed by atoms with E-state index in [9.17, 15) is 9.18 Å². The summed E-state index contributed by atoms with van der Waals surface area (Å²) in [6.07, 6.45) is 0.374. The average Bonchev–Trinajstić information content (AvgIpc) is 2.27. The second-order valence-electron chi connectivity index (χ2n) is 3.53. The lowest BCUT2D eigenvalue weighted by atomic mass is 10.1. The zero-order valence-electron chi connectivity index (χ0n) is 9.08. The smallest absolute Gasteiger partial charge is 0.308 e. The van der Waals surface area contributed by atoms with E-state index in [0.29, 0.717) is 23.9 Å². The van der Waals surface area contributed by atoms with Gasteiger partial charge in [0.25, 0.3) is 0 Å². The molecule has 0 radical (unpaired) electrons. The molecule has 88 valence electrons. The topological polar surface area (TPSA) is 26.3 Å². The molecule has 0 amide bonds. The van der Waals surface area contributed by atoms with E-state index in [-0.39, 0.29) is 5.97 Å². The fourth-order valence-electron chi connectivity index (χ4n) is 1.29. The molecular formula is C12H14BrFO2. The van der Waals surface area contributed by atoms with E-state index in [4.69, 9.17) is 4.74 Å². The second kappa shape index (κ2) is 6.63. The predicted octanol–water partition coefficient (Wildman–Crippen LogP) is 3.28. The van der Waals surface area contributed by atoms with Crippen molar-refractivity contribution in [1.82, 2.24) is 0 Å². The molecule has 1 aromatic carbocycles. The number of carbonyl (C=O) groups excluding carboxylic acids is 1. The molecule has 0 aromatic heterocycles. The van der Waals surface area contributed by atoms with E-state index >= 15 is 0 Å². The predicted molar refractivity (Wildman–Crippen MR) is 64.8 cm³/mol. The molecule has 1 atom stereocenters. The van der Waals surface area contributed by atoms with Gasteiger partial charge in [-0.2, -0.15) is 0 Å². The van der Waals surface area contributed by atoms with Gasteiger partial charge in [-0.15, -0.1) is 0 Å². The molecule has 0 spiro atoms. The molecule has 0 aliphatic carbocycles. The number of alkyl halides is 2. The van der Waals surface area contributed by atoms with Crippen LogP contribution in [0.25, 0.3) is 0 Å². The van der Waals surface area contributed by atoms with Crippen molar-refractivity contribution in [3.8, 4) is 5.75 Å². The van der Waals surface area contributed by atoms with Gasteiger partial charge in [-0.05, 0) is 30.5 Å². The van der Waals surface area contributed by atoms with Crippen LogP contribution < -0.4 is 4.74 Å². The Hall–Kier alpha value is -0.900. The molecule has 16 heavy (non-hydrogen) atoms. The number of aryl methyl sites for hydroxylation is 1. The number of carbonyl (C=O) groups is 1. The Balaban J connectivity index is 2.48. The standard InChI is InChI=1S/C12H14BrFO2/c1-9(15)16-12-6-3-10(4-7-12)2-5-11(14)8-13/h3-4,6-7,11H,2,5,8H2,1H3. The van der Waals surface area contributed by atoms with Gasteiger partial charge >= 0.3 is 5.97 Å². The number of hydrogen-bond donors (Lipinski definition) is 0. The van der Waals surface area contributed by atoms with Crippen molar-refractivity contribution in [2.45, 2.75) is 25.9 Å². The minimum atomic E-state index is -0.812. The second-order valence-corrected chi connectivity index (χ2v) is 4.18. The van der Waals surface area contributed by atoms with Crippen molar-refractivity contribution < 1.29 is 13.9 Å². The zero-order valence-corrected chi connectivity index (χ0v) is 10.7. The summed E-state index contributed by atoms with van der Waals surface area (Å²) in [5.74, 6) is 0.185. The van der Waals surface area contributed by atoms with Gasteiger partial charge in [-0.25, -0.2) is 4.39 Å². The average molecular weight is 289 g/mol. The van der Waals surface area contributed by atoms with E-state index in [0.717, 1.165) is 5.56 Å². The molecule has 1 rings (SSSR count). The summed E-state index contributed by atoms with van der Waals surface area (Å²) < 4.78 is 17.8. The van der Waals surface area contributed by atoms with Crippen molar-refractivity contribution >= 4 is 21.9 Å². The molecule has 0 fully saturated rings. The van der Waals surface area contributed by atoms with Crippen LogP contribution in [0.2, 0.25) is 0 Å². The molecule has 0 aliphatic rings. The van der Waals surface area contributed by atoms with Crippen LogP contribution in [0.1, 0.15) is 18.9 Å². The van der Waals surface area contributed by atoms with Crippen LogP contribution in [-0.4, -0.2) is 17.5 Å². The highest BCUT2D eigenvalue weighted by Crippen LogP contribution is 2.15. The van der Waals surface area contributed by atoms with Crippen molar-refractivity contribution in [2.24, 2.45) is 0 Å². The number of halogens is 2. The monoisotopic (exact) mass is 288 g/mol. The first-order chi connectivity index (χ1) is 7.61. The summed E-state index contributed by atoms with van der Waals surface area (Å²) in [5.41, 5.74) is 1.04. The third-order valence-corrected chi connectivity index (χ3v) is 2.80. The molecule has 0 bridgehead atoms. The number of rotatable bonds is 5. The molecule has 2 nitrogen and oxygen atoms in total. The Labute approximate surface area is 103 Å². The molecule has 0 heterocycles. The van der Waals surface area contributed by atoms with Crippen LogP contribution in [0.4, 0.5) is 4.39 Å². The minimum absolute atomic E-state index is 0.337. The summed E-state index contributed by atoms with van der Waals surface area (Å²) >= 11 is 3.09. The van der Waals surface area contributed by atoms with Crippen LogP contribution in [0, 0.1) is 0 Å². The molecular weight excluding hydrogens is 275 g/mol. The third-order valence-electron chi connectivity index (χ3n) is 2.10. The van der Waals surface area contributed by atoms with Crippen molar-refractivity contribution in [1.29, 1.82) is 0 Å². The van der Waals surface area contributed by atoms with Gasteiger partial charge in [0, 0.05) is 12.3 Å². The molecule has 0 saturated heterocycles. The first-order valence-corrected chi connectivity index (χ1v) is 6.21. The van der Waals surface area contributed by atoms with Gasteiger partial charge in [0.15, 0.2) is 0 Å². The van der Waals surface area contributed by atoms with E-state index in [1.54, 1.807) is 12.1 Å². The molecule has 4 heteroatoms. The van der Waals surface area contributed by atoms with Crippen LogP contribution in [0.3, 0.4) is 0 Å². The Morgan fingerprint density at radius 1 is 1.44 bits per heavy atom. The van der Waals surface area contributed by atoms with Gasteiger partial charge < -0.3 is 4.74 Å². The summed E-state index contributed by atoms with van der Waals surface area (Å²) in [6.45, 7) is 1.36. The SMILES string of the molecule is CC(=O)Oc1ccc(CCC(F)CBr)cc1. The number of esters is 1. The zero-order chi connectivity index (χ0) is 12.0. The lowest BCUT2D eigenvalue weighted by molar-refractivity contribution is -0.131. The van der Waals surface area contributed by atoms with Crippen LogP contribution in [0.5, 0.6) is 5.75 Å². The first kappa shape index (κ1) is 13.2. The van der Waals surface area contributed by atoms with E-state index < -0.39 is 6.17 Å². The maximum absolute atomic E-state index is 13.0. The van der Waals surface area contributed by atoms with Crippen LogP contribution in [-0.2, 0) is 11.2 Å². The minimum Gasteiger partial charge on any atom is -0.427 e. The maximum Gasteiger partial charge on any atom is 0.308 e. The van der Waals surface area contributed by atoms with E-state index in [2.05, 4.69) is 15.9 Å². The Morgan fingerprint density at radius 2 is 2.06 bits per heavy atom. The number of ether oxygens (including phenoxy) is 1. The van der Waals surface area contributed by atoms with Gasteiger partial charge in [0.05, 0.1) is 0 Å². The van der Waals surface area contributed by atoms with Gasteiger partial charge in [-0.3, -0.25) is 4.79 Å². The fraction of sp³-hybridized carbons (Fsp3) is 0.417. The Kier molecular flexibility index (Phi) is 5.46. The summed E-state index contributed by atoms with van der Waals surface area (Å²) in [4.78, 5) is 10.7. The first-order valence-electron chi connectivity index (χ1n) is 5.09. The normalized spacial score (nSPS) is 12.2. The molecule has 1 unspecified atom stereocenters. The van der Waals surface area contributed by atoms with Crippen molar-refractivity contribution in [2.75, 3.05) is 5.33 Å². The van der Waals surface area contributed by atoms with Crippen LogP contribution in [0.15, 0.2) is 24.3 Å². The van der Waals surface area contributed by atoms with E-state index in [1.165, 1.54) is 6.92 Å². The summed E-state index contributed by atoms with van der Waals surface area (Å²) in [7, 11) is 0. The molecule has 1 aromatic rings. The van der Waals surface area contributed by atoms with E-state index in [1.807, 2.05) is 12.1 Å². The molecule has 0 N–H and O–H groups in total. The highest BCUT2D eigenvalue weighted by molar-refractivity contribution is 9.09. The lowest BCUT2D eigenvalue weighted by Gasteiger charge is -2.05. The molecule has 0 saturated carbocycles. The van der Waals surface area contributed by atoms with Crippen molar-refractivity contribution in [3.63, 3.8) is 0 Å².